The first-order chi connectivity index (χ1) is 12.7. The van der Waals surface area contributed by atoms with Gasteiger partial charge in [-0.2, -0.15) is 0 Å². The Labute approximate surface area is 151 Å². The summed E-state index contributed by atoms with van der Waals surface area (Å²) in [5, 5.41) is 6.59. The number of nitrogens with one attached hydrogen (secondary N) is 2. The summed E-state index contributed by atoms with van der Waals surface area (Å²) in [6.07, 6.45) is -0.191. The number of rotatable bonds is 5. The molecule has 1 aliphatic heterocycles. The lowest BCUT2D eigenvalue weighted by molar-refractivity contribution is -0.688. The highest BCUT2D eigenvalue weighted by molar-refractivity contribution is 5.96. The Morgan fingerprint density at radius 1 is 1.12 bits per heavy atom. The molecular formula is C19H22N3O4+. The molecule has 2 aromatic rings. The Balaban J connectivity index is 1.66. The summed E-state index contributed by atoms with van der Waals surface area (Å²) in [4.78, 5) is 24.0. The Morgan fingerprint density at radius 2 is 1.81 bits per heavy atom. The Morgan fingerprint density at radius 3 is 2.54 bits per heavy atom. The van der Waals surface area contributed by atoms with Crippen molar-refractivity contribution < 1.29 is 24.4 Å². The molecule has 2 atom stereocenters. The number of amides is 3. The topological polar surface area (TPSA) is 93.3 Å². The van der Waals surface area contributed by atoms with E-state index in [2.05, 4.69) is 10.6 Å². The highest BCUT2D eigenvalue weighted by atomic mass is 16.6. The third-order valence-electron chi connectivity index (χ3n) is 4.11. The van der Waals surface area contributed by atoms with Crippen molar-refractivity contribution in [3.8, 4) is 11.5 Å². The summed E-state index contributed by atoms with van der Waals surface area (Å²) in [7, 11) is 1.47. The van der Waals surface area contributed by atoms with Crippen molar-refractivity contribution in [2.75, 3.05) is 20.2 Å². The highest BCUT2D eigenvalue weighted by Crippen LogP contribution is 2.30. The van der Waals surface area contributed by atoms with E-state index in [1.807, 2.05) is 59.9 Å². The van der Waals surface area contributed by atoms with Gasteiger partial charge in [-0.15, -0.1) is 0 Å². The van der Waals surface area contributed by atoms with Crippen LogP contribution in [0.1, 0.15) is 11.6 Å². The lowest BCUT2D eigenvalue weighted by Gasteiger charge is -2.26. The number of fused-ring (bicyclic) bond motifs is 1. The van der Waals surface area contributed by atoms with E-state index in [4.69, 9.17) is 9.47 Å². The number of nitrogens with two attached hydrogens (primary N) is 1. The summed E-state index contributed by atoms with van der Waals surface area (Å²) < 4.78 is 11.6. The van der Waals surface area contributed by atoms with E-state index < -0.39 is 12.1 Å². The SMILES string of the molecule is CNC(=O)NC(=O)[C@@H]([NH2+]C[C@@H]1COc2ccccc2O1)c1ccccc1. The molecule has 0 saturated carbocycles. The van der Waals surface area contributed by atoms with E-state index in [0.717, 1.165) is 11.3 Å². The zero-order valence-electron chi connectivity index (χ0n) is 14.5. The average molecular weight is 356 g/mol. The number of hydrogen-bond acceptors (Lipinski definition) is 4. The molecule has 0 unspecified atom stereocenters. The van der Waals surface area contributed by atoms with Crippen LogP contribution in [0.15, 0.2) is 54.6 Å². The maximum absolute atomic E-state index is 12.5. The summed E-state index contributed by atoms with van der Waals surface area (Å²) in [5.74, 6) is 1.04. The van der Waals surface area contributed by atoms with Crippen LogP contribution in [-0.2, 0) is 4.79 Å². The van der Waals surface area contributed by atoms with Crippen LogP contribution < -0.4 is 25.4 Å². The standard InChI is InChI=1S/C19H21N3O4/c1-20-19(24)22-18(23)17(13-7-3-2-4-8-13)21-11-14-12-25-15-9-5-6-10-16(15)26-14/h2-10,14,17,21H,11-12H2,1H3,(H2,20,22,23,24)/p+1/t14-,17+/m1/s1. The number of ether oxygens (including phenoxy) is 2. The third kappa shape index (κ3) is 4.31. The van der Waals surface area contributed by atoms with Crippen LogP contribution in [0.25, 0.3) is 0 Å². The number of benzene rings is 2. The molecule has 0 fully saturated rings. The van der Waals surface area contributed by atoms with E-state index in [0.29, 0.717) is 18.9 Å². The van der Waals surface area contributed by atoms with Gasteiger partial charge in [-0.05, 0) is 12.1 Å². The van der Waals surface area contributed by atoms with Gasteiger partial charge in [-0.1, -0.05) is 42.5 Å². The first-order valence-corrected chi connectivity index (χ1v) is 8.46. The number of carbonyl (C=O) groups excluding carboxylic acids is 2. The number of para-hydroxylation sites is 2. The molecular weight excluding hydrogens is 334 g/mol. The molecule has 0 radical (unpaired) electrons. The van der Waals surface area contributed by atoms with Crippen LogP contribution in [0.2, 0.25) is 0 Å². The minimum Gasteiger partial charge on any atom is -0.486 e. The average Bonchev–Trinajstić information content (AvgIpc) is 2.68. The van der Waals surface area contributed by atoms with E-state index in [-0.39, 0.29) is 12.0 Å². The zero-order valence-corrected chi connectivity index (χ0v) is 14.5. The number of carbonyl (C=O) groups is 2. The van der Waals surface area contributed by atoms with Gasteiger partial charge in [0.2, 0.25) is 0 Å². The molecule has 0 aromatic heterocycles. The summed E-state index contributed by atoms with van der Waals surface area (Å²) in [5.41, 5.74) is 0.811. The van der Waals surface area contributed by atoms with Crippen molar-refractivity contribution in [3.63, 3.8) is 0 Å². The monoisotopic (exact) mass is 356 g/mol. The quantitative estimate of drug-likeness (QED) is 0.731. The van der Waals surface area contributed by atoms with Crippen LogP contribution in [0.5, 0.6) is 11.5 Å². The molecule has 3 amide bonds. The van der Waals surface area contributed by atoms with Crippen LogP contribution in [0, 0.1) is 0 Å². The summed E-state index contributed by atoms with van der Waals surface area (Å²) in [6.45, 7) is 0.918. The molecule has 0 saturated heterocycles. The number of quaternary nitrogens is 1. The summed E-state index contributed by atoms with van der Waals surface area (Å²) in [6, 6.07) is 15.7. The predicted octanol–water partition coefficient (Wildman–Crippen LogP) is 0.587. The molecule has 3 rings (SSSR count). The number of imide groups is 1. The predicted molar refractivity (Wildman–Crippen MR) is 94.9 cm³/mol. The second-order valence-corrected chi connectivity index (χ2v) is 5.93. The lowest BCUT2D eigenvalue weighted by Crippen LogP contribution is -2.90. The molecule has 7 nitrogen and oxygen atoms in total. The van der Waals surface area contributed by atoms with Crippen LogP contribution in [-0.4, -0.2) is 38.2 Å². The molecule has 26 heavy (non-hydrogen) atoms. The number of hydrogen-bond donors (Lipinski definition) is 3. The van der Waals surface area contributed by atoms with Crippen molar-refractivity contribution in [1.29, 1.82) is 0 Å². The third-order valence-corrected chi connectivity index (χ3v) is 4.11. The maximum Gasteiger partial charge on any atom is 0.321 e. The Kier molecular flexibility index (Phi) is 5.70. The minimum absolute atomic E-state index is 0.191. The van der Waals surface area contributed by atoms with Crippen molar-refractivity contribution in [2.24, 2.45) is 0 Å². The van der Waals surface area contributed by atoms with E-state index in [9.17, 15) is 9.59 Å². The fourth-order valence-electron chi connectivity index (χ4n) is 2.77. The Hall–Kier alpha value is -3.06. The fourth-order valence-corrected chi connectivity index (χ4v) is 2.77. The fraction of sp³-hybridized carbons (Fsp3) is 0.263. The summed E-state index contributed by atoms with van der Waals surface area (Å²) >= 11 is 0. The van der Waals surface area contributed by atoms with Crippen molar-refractivity contribution in [2.45, 2.75) is 12.1 Å². The Bertz CT molecular complexity index is 766. The number of urea groups is 1. The minimum atomic E-state index is -0.561. The maximum atomic E-state index is 12.5. The molecule has 0 aliphatic carbocycles. The van der Waals surface area contributed by atoms with Crippen molar-refractivity contribution in [3.05, 3.63) is 60.2 Å². The van der Waals surface area contributed by atoms with Gasteiger partial charge in [0.05, 0.1) is 0 Å². The van der Waals surface area contributed by atoms with Gasteiger partial charge in [0.1, 0.15) is 13.2 Å². The molecule has 7 heteroatoms. The zero-order chi connectivity index (χ0) is 18.4. The molecule has 4 N–H and O–H groups in total. The van der Waals surface area contributed by atoms with Gasteiger partial charge in [-0.3, -0.25) is 10.1 Å². The van der Waals surface area contributed by atoms with Gasteiger partial charge in [-0.25, -0.2) is 4.79 Å². The normalized spacial score (nSPS) is 16.4. The molecule has 2 aromatic carbocycles. The van der Waals surface area contributed by atoms with Crippen LogP contribution >= 0.6 is 0 Å². The molecule has 0 bridgehead atoms. The second-order valence-electron chi connectivity index (χ2n) is 5.93. The van der Waals surface area contributed by atoms with Crippen LogP contribution in [0.4, 0.5) is 4.79 Å². The smallest absolute Gasteiger partial charge is 0.321 e. The van der Waals surface area contributed by atoms with E-state index in [1.54, 1.807) is 0 Å². The lowest BCUT2D eigenvalue weighted by atomic mass is 10.1. The van der Waals surface area contributed by atoms with E-state index in [1.165, 1.54) is 7.05 Å². The van der Waals surface area contributed by atoms with Gasteiger partial charge in [0, 0.05) is 12.6 Å². The molecule has 1 aliphatic rings. The van der Waals surface area contributed by atoms with Gasteiger partial charge < -0.3 is 20.1 Å². The highest BCUT2D eigenvalue weighted by Gasteiger charge is 2.29. The second kappa shape index (κ2) is 8.35. The molecule has 0 spiro atoms. The van der Waals surface area contributed by atoms with E-state index >= 15 is 0 Å². The van der Waals surface area contributed by atoms with Gasteiger partial charge in [0.25, 0.3) is 5.91 Å². The first kappa shape index (κ1) is 17.8. The first-order valence-electron chi connectivity index (χ1n) is 8.46. The van der Waals surface area contributed by atoms with Crippen molar-refractivity contribution >= 4 is 11.9 Å². The van der Waals surface area contributed by atoms with Crippen LogP contribution in [0.3, 0.4) is 0 Å². The van der Waals surface area contributed by atoms with Gasteiger partial charge in [0.15, 0.2) is 23.6 Å². The molecule has 136 valence electrons. The largest absolute Gasteiger partial charge is 0.486 e. The van der Waals surface area contributed by atoms with Crippen molar-refractivity contribution in [1.82, 2.24) is 10.6 Å². The van der Waals surface area contributed by atoms with Gasteiger partial charge >= 0.3 is 6.03 Å². The molecule has 1 heterocycles.